The lowest BCUT2D eigenvalue weighted by molar-refractivity contribution is -0.133. The van der Waals surface area contributed by atoms with Gasteiger partial charge in [0, 0.05) is 32.7 Å². The monoisotopic (exact) mass is 293 g/mol. The number of carbonyl (C=O) groups is 1. The molecule has 1 aliphatic rings. The molecule has 0 aromatic heterocycles. The van der Waals surface area contributed by atoms with Gasteiger partial charge in [0.15, 0.2) is 0 Å². The molecule has 1 amide bonds. The van der Waals surface area contributed by atoms with Crippen molar-refractivity contribution >= 4 is 15.9 Å². The molecule has 1 saturated heterocycles. The molecule has 7 nitrogen and oxygen atoms in total. The molecule has 0 radical (unpaired) electrons. The van der Waals surface area contributed by atoms with Gasteiger partial charge in [-0.1, -0.05) is 0 Å². The first kappa shape index (κ1) is 16.4. The van der Waals surface area contributed by atoms with Crippen LogP contribution in [0.3, 0.4) is 0 Å². The van der Waals surface area contributed by atoms with Gasteiger partial charge in [0.2, 0.25) is 15.9 Å². The fourth-order valence-electron chi connectivity index (χ4n) is 2.12. The molecule has 1 rings (SSSR count). The number of rotatable bonds is 5. The first-order chi connectivity index (χ1) is 8.70. The molecule has 1 atom stereocenters. The van der Waals surface area contributed by atoms with Crippen molar-refractivity contribution in [3.8, 4) is 0 Å². The number of carbonyl (C=O) groups excluding carboxylic acids is 1. The van der Waals surface area contributed by atoms with E-state index in [-0.39, 0.29) is 12.5 Å². The van der Waals surface area contributed by atoms with Crippen molar-refractivity contribution in [1.82, 2.24) is 14.1 Å². The van der Waals surface area contributed by atoms with Crippen LogP contribution in [-0.2, 0) is 14.8 Å². The molecule has 0 aromatic rings. The van der Waals surface area contributed by atoms with Crippen molar-refractivity contribution in [2.75, 3.05) is 52.6 Å². The van der Waals surface area contributed by atoms with E-state index in [1.165, 1.54) is 10.6 Å². The Labute approximate surface area is 114 Å². The number of sulfonamides is 1. The Bertz CT molecular complexity index is 402. The molecule has 1 aliphatic heterocycles. The van der Waals surface area contributed by atoms with Crippen molar-refractivity contribution in [3.63, 3.8) is 0 Å². The van der Waals surface area contributed by atoms with E-state index in [4.69, 9.17) is 0 Å². The zero-order valence-corrected chi connectivity index (χ0v) is 12.6. The summed E-state index contributed by atoms with van der Waals surface area (Å²) in [6.07, 6.45) is 0.709. The third kappa shape index (κ3) is 5.43. The van der Waals surface area contributed by atoms with E-state index >= 15 is 0 Å². The number of hydrogen-bond acceptors (Lipinski definition) is 5. The van der Waals surface area contributed by atoms with Crippen LogP contribution in [0.2, 0.25) is 0 Å². The second-order valence-corrected chi connectivity index (χ2v) is 7.07. The molecule has 19 heavy (non-hydrogen) atoms. The summed E-state index contributed by atoms with van der Waals surface area (Å²) in [6, 6.07) is 0. The molecular weight excluding hydrogens is 270 g/mol. The number of aliphatic hydroxyl groups excluding tert-OH is 1. The SMILES string of the molecule is CC(O)CN(C)CC(=O)N1CCN(S(C)(=O)=O)CC1. The molecule has 1 N–H and O–H groups in total. The minimum Gasteiger partial charge on any atom is -0.392 e. The van der Waals surface area contributed by atoms with Gasteiger partial charge in [0.25, 0.3) is 0 Å². The fourth-order valence-corrected chi connectivity index (χ4v) is 2.94. The first-order valence-corrected chi connectivity index (χ1v) is 8.14. The molecule has 0 aliphatic carbocycles. The lowest BCUT2D eigenvalue weighted by Crippen LogP contribution is -2.52. The zero-order valence-electron chi connectivity index (χ0n) is 11.7. The van der Waals surface area contributed by atoms with E-state index in [0.29, 0.717) is 32.7 Å². The van der Waals surface area contributed by atoms with Gasteiger partial charge in [-0.25, -0.2) is 8.42 Å². The highest BCUT2D eigenvalue weighted by Gasteiger charge is 2.26. The lowest BCUT2D eigenvalue weighted by atomic mass is 10.3. The van der Waals surface area contributed by atoms with Gasteiger partial charge in [-0.15, -0.1) is 0 Å². The van der Waals surface area contributed by atoms with E-state index in [1.807, 2.05) is 0 Å². The Morgan fingerprint density at radius 1 is 1.32 bits per heavy atom. The fraction of sp³-hybridized carbons (Fsp3) is 0.909. The number of aliphatic hydroxyl groups is 1. The van der Waals surface area contributed by atoms with Gasteiger partial charge in [-0.3, -0.25) is 9.69 Å². The maximum atomic E-state index is 12.0. The highest BCUT2D eigenvalue weighted by Crippen LogP contribution is 2.06. The average molecular weight is 293 g/mol. The Balaban J connectivity index is 2.41. The van der Waals surface area contributed by atoms with Gasteiger partial charge in [-0.2, -0.15) is 4.31 Å². The Morgan fingerprint density at radius 3 is 2.26 bits per heavy atom. The van der Waals surface area contributed by atoms with Crippen LogP contribution < -0.4 is 0 Å². The number of nitrogens with zero attached hydrogens (tertiary/aromatic N) is 3. The van der Waals surface area contributed by atoms with Crippen LogP contribution in [0.5, 0.6) is 0 Å². The maximum absolute atomic E-state index is 12.0. The smallest absolute Gasteiger partial charge is 0.236 e. The van der Waals surface area contributed by atoms with Crippen LogP contribution in [0, 0.1) is 0 Å². The standard InChI is InChI=1S/C11H23N3O4S/c1-10(15)8-12(2)9-11(16)13-4-6-14(7-5-13)19(3,17)18/h10,15H,4-9H2,1-3H3. The summed E-state index contributed by atoms with van der Waals surface area (Å²) in [5.41, 5.74) is 0. The van der Waals surface area contributed by atoms with Gasteiger partial charge in [0.05, 0.1) is 18.9 Å². The minimum atomic E-state index is -3.16. The minimum absolute atomic E-state index is 0.0312. The molecule has 0 aromatic carbocycles. The normalized spacial score (nSPS) is 19.7. The van der Waals surface area contributed by atoms with E-state index in [1.54, 1.807) is 23.8 Å². The number of piperazine rings is 1. The summed E-state index contributed by atoms with van der Waals surface area (Å²) >= 11 is 0. The van der Waals surface area contributed by atoms with E-state index in [2.05, 4.69) is 0 Å². The van der Waals surface area contributed by atoms with Crippen molar-refractivity contribution < 1.29 is 18.3 Å². The topological polar surface area (TPSA) is 81.2 Å². The van der Waals surface area contributed by atoms with Crippen LogP contribution >= 0.6 is 0 Å². The van der Waals surface area contributed by atoms with Crippen molar-refractivity contribution in [3.05, 3.63) is 0 Å². The van der Waals surface area contributed by atoms with Crippen molar-refractivity contribution in [2.45, 2.75) is 13.0 Å². The third-order valence-electron chi connectivity index (χ3n) is 3.04. The van der Waals surface area contributed by atoms with E-state index in [0.717, 1.165) is 0 Å². The number of likely N-dealkylation sites (N-methyl/N-ethyl adjacent to an activating group) is 1. The molecule has 8 heteroatoms. The van der Waals surface area contributed by atoms with E-state index < -0.39 is 16.1 Å². The third-order valence-corrected chi connectivity index (χ3v) is 4.34. The Hall–Kier alpha value is -0.700. The lowest BCUT2D eigenvalue weighted by Gasteiger charge is -2.34. The highest BCUT2D eigenvalue weighted by molar-refractivity contribution is 7.88. The van der Waals surface area contributed by atoms with Crippen LogP contribution in [-0.4, -0.2) is 92.2 Å². The quantitative estimate of drug-likeness (QED) is 0.660. The Kier molecular flexibility index (Phi) is 5.72. The highest BCUT2D eigenvalue weighted by atomic mass is 32.2. The summed E-state index contributed by atoms with van der Waals surface area (Å²) in [6.45, 7) is 3.91. The van der Waals surface area contributed by atoms with Crippen LogP contribution in [0.15, 0.2) is 0 Å². The van der Waals surface area contributed by atoms with Crippen molar-refractivity contribution in [1.29, 1.82) is 0 Å². The van der Waals surface area contributed by atoms with Gasteiger partial charge in [0.1, 0.15) is 0 Å². The predicted octanol–water partition coefficient (Wildman–Crippen LogP) is -1.60. The number of amides is 1. The second kappa shape index (κ2) is 6.65. The molecule has 1 heterocycles. The molecule has 0 saturated carbocycles. The van der Waals surface area contributed by atoms with Gasteiger partial charge in [-0.05, 0) is 14.0 Å². The van der Waals surface area contributed by atoms with Crippen LogP contribution in [0.25, 0.3) is 0 Å². The molecule has 1 fully saturated rings. The van der Waals surface area contributed by atoms with Gasteiger partial charge < -0.3 is 10.0 Å². The summed E-state index contributed by atoms with van der Waals surface area (Å²) in [7, 11) is -1.39. The largest absolute Gasteiger partial charge is 0.392 e. The zero-order chi connectivity index (χ0) is 14.6. The predicted molar refractivity (Wildman–Crippen MR) is 72.2 cm³/mol. The Morgan fingerprint density at radius 2 is 1.84 bits per heavy atom. The maximum Gasteiger partial charge on any atom is 0.236 e. The average Bonchev–Trinajstić information content (AvgIpc) is 2.26. The summed E-state index contributed by atoms with van der Waals surface area (Å²) in [5, 5.41) is 9.23. The van der Waals surface area contributed by atoms with Gasteiger partial charge >= 0.3 is 0 Å². The summed E-state index contributed by atoms with van der Waals surface area (Å²) in [5.74, 6) is -0.0312. The van der Waals surface area contributed by atoms with E-state index in [9.17, 15) is 18.3 Å². The molecule has 0 spiro atoms. The number of hydrogen-bond donors (Lipinski definition) is 1. The summed E-state index contributed by atoms with van der Waals surface area (Å²) < 4.78 is 24.1. The second-order valence-electron chi connectivity index (χ2n) is 5.09. The molecule has 112 valence electrons. The first-order valence-electron chi connectivity index (χ1n) is 6.29. The van der Waals surface area contributed by atoms with Crippen LogP contribution in [0.1, 0.15) is 6.92 Å². The molecular formula is C11H23N3O4S. The molecule has 1 unspecified atom stereocenters. The van der Waals surface area contributed by atoms with Crippen LogP contribution in [0.4, 0.5) is 0 Å². The summed E-state index contributed by atoms with van der Waals surface area (Å²) in [4.78, 5) is 15.4. The molecule has 0 bridgehead atoms. The van der Waals surface area contributed by atoms with Crippen molar-refractivity contribution in [2.24, 2.45) is 0 Å².